The molecule has 0 aliphatic carbocycles. The Labute approximate surface area is 147 Å². The molecule has 1 unspecified atom stereocenters. The Bertz CT molecular complexity index is 855. The zero-order valence-electron chi connectivity index (χ0n) is 13.7. The average Bonchev–Trinajstić information content (AvgIpc) is 2.61. The summed E-state index contributed by atoms with van der Waals surface area (Å²) in [5, 5.41) is 9.34. The molecule has 26 heavy (non-hydrogen) atoms. The van der Waals surface area contributed by atoms with E-state index in [-0.39, 0.29) is 17.5 Å². The first-order valence-corrected chi connectivity index (χ1v) is 7.53. The number of carbonyl (C=O) groups excluding carboxylic acids is 2. The van der Waals surface area contributed by atoms with E-state index in [2.05, 4.69) is 4.74 Å². The van der Waals surface area contributed by atoms with Crippen LogP contribution in [-0.2, 0) is 22.1 Å². The van der Waals surface area contributed by atoms with Gasteiger partial charge in [-0.15, -0.1) is 0 Å². The van der Waals surface area contributed by atoms with Crippen LogP contribution in [0.5, 0.6) is 0 Å². The van der Waals surface area contributed by atoms with E-state index in [1.807, 2.05) is 0 Å². The Hall–Kier alpha value is -3.14. The van der Waals surface area contributed by atoms with E-state index in [0.29, 0.717) is 17.7 Å². The third-order valence-electron chi connectivity index (χ3n) is 3.71. The summed E-state index contributed by atoms with van der Waals surface area (Å²) in [4.78, 5) is 24.1. The van der Waals surface area contributed by atoms with Crippen LogP contribution in [0.25, 0.3) is 0 Å². The third kappa shape index (κ3) is 4.48. The highest BCUT2D eigenvalue weighted by Crippen LogP contribution is 2.33. The molecule has 134 valence electrons. The van der Waals surface area contributed by atoms with Crippen LogP contribution < -0.4 is 0 Å². The fraction of sp³-hybridized carbons (Fsp3) is 0.211. The molecule has 2 aromatic rings. The molecule has 1 atom stereocenters. The van der Waals surface area contributed by atoms with Gasteiger partial charge >= 0.3 is 12.1 Å². The molecular weight excluding hydrogens is 347 g/mol. The molecule has 0 aliphatic rings. The zero-order valence-corrected chi connectivity index (χ0v) is 13.7. The van der Waals surface area contributed by atoms with Gasteiger partial charge in [0.05, 0.1) is 24.3 Å². The van der Waals surface area contributed by atoms with Crippen LogP contribution in [0.1, 0.15) is 33.0 Å². The van der Waals surface area contributed by atoms with Crippen LogP contribution in [0.3, 0.4) is 0 Å². The molecule has 0 aromatic heterocycles. The largest absolute Gasteiger partial charge is 0.465 e. The van der Waals surface area contributed by atoms with Crippen LogP contribution >= 0.6 is 0 Å². The molecular formula is C19H14F3NO3. The lowest BCUT2D eigenvalue weighted by molar-refractivity contribution is -0.137. The van der Waals surface area contributed by atoms with Gasteiger partial charge in [0.15, 0.2) is 5.78 Å². The molecule has 0 bridgehead atoms. The van der Waals surface area contributed by atoms with Gasteiger partial charge < -0.3 is 4.74 Å². The fourth-order valence-electron chi connectivity index (χ4n) is 2.45. The second-order valence-electron chi connectivity index (χ2n) is 5.52. The lowest BCUT2D eigenvalue weighted by Crippen LogP contribution is -2.16. The van der Waals surface area contributed by atoms with E-state index < -0.39 is 29.4 Å². The monoisotopic (exact) mass is 361 g/mol. The Morgan fingerprint density at radius 1 is 1.15 bits per heavy atom. The maximum atomic E-state index is 13.1. The predicted molar refractivity (Wildman–Crippen MR) is 86.3 cm³/mol. The number of methoxy groups -OCH3 is 1. The average molecular weight is 361 g/mol. The number of nitrogens with zero attached hydrogens (tertiary/aromatic N) is 1. The Balaban J connectivity index is 2.44. The zero-order chi connectivity index (χ0) is 19.3. The summed E-state index contributed by atoms with van der Waals surface area (Å²) in [6.45, 7) is 0. The first-order chi connectivity index (χ1) is 12.3. The molecule has 0 saturated carbocycles. The second kappa shape index (κ2) is 7.83. The van der Waals surface area contributed by atoms with E-state index in [9.17, 15) is 28.0 Å². The van der Waals surface area contributed by atoms with Gasteiger partial charge in [0.2, 0.25) is 0 Å². The minimum atomic E-state index is -4.73. The van der Waals surface area contributed by atoms with Crippen LogP contribution in [0.15, 0.2) is 48.5 Å². The van der Waals surface area contributed by atoms with Crippen molar-refractivity contribution in [1.82, 2.24) is 0 Å². The van der Waals surface area contributed by atoms with Crippen LogP contribution in [-0.4, -0.2) is 18.9 Å². The van der Waals surface area contributed by atoms with Gasteiger partial charge in [-0.1, -0.05) is 30.3 Å². The number of nitriles is 1. The third-order valence-corrected chi connectivity index (χ3v) is 3.71. The number of hydrogen-bond donors (Lipinski definition) is 0. The summed E-state index contributed by atoms with van der Waals surface area (Å²) in [5.74, 6) is -2.97. The summed E-state index contributed by atoms with van der Waals surface area (Å²) in [6.07, 6.45) is -4.84. The predicted octanol–water partition coefficient (Wildman–Crippen LogP) is 3.91. The highest BCUT2D eigenvalue weighted by molar-refractivity contribution is 5.93. The summed E-state index contributed by atoms with van der Waals surface area (Å²) in [6, 6.07) is 12.7. The number of hydrogen-bond acceptors (Lipinski definition) is 4. The number of rotatable bonds is 5. The highest BCUT2D eigenvalue weighted by atomic mass is 19.4. The van der Waals surface area contributed by atoms with Gasteiger partial charge in [-0.05, 0) is 29.3 Å². The molecule has 0 amide bonds. The van der Waals surface area contributed by atoms with Crippen LogP contribution in [0.2, 0.25) is 0 Å². The molecule has 0 aliphatic heterocycles. The summed E-state index contributed by atoms with van der Waals surface area (Å²) < 4.78 is 43.8. The number of halogens is 3. The van der Waals surface area contributed by atoms with Crippen molar-refractivity contribution < 1.29 is 27.5 Å². The van der Waals surface area contributed by atoms with E-state index in [1.54, 1.807) is 36.4 Å². The second-order valence-corrected chi connectivity index (χ2v) is 5.52. The molecule has 2 aromatic carbocycles. The normalized spacial score (nSPS) is 12.1. The molecule has 0 saturated heterocycles. The van der Waals surface area contributed by atoms with Crippen molar-refractivity contribution in [2.24, 2.45) is 0 Å². The van der Waals surface area contributed by atoms with E-state index in [1.165, 1.54) is 0 Å². The quantitative estimate of drug-likeness (QED) is 0.758. The number of carbonyl (C=O) groups is 2. The Kier molecular flexibility index (Phi) is 5.78. The minimum Gasteiger partial charge on any atom is -0.465 e. The van der Waals surface area contributed by atoms with E-state index in [0.717, 1.165) is 13.2 Å². The maximum Gasteiger partial charge on any atom is 0.416 e. The van der Waals surface area contributed by atoms with Gasteiger partial charge in [-0.25, -0.2) is 4.79 Å². The Morgan fingerprint density at radius 3 is 2.35 bits per heavy atom. The minimum absolute atomic E-state index is 0.108. The van der Waals surface area contributed by atoms with Crippen molar-refractivity contribution in [2.45, 2.75) is 18.5 Å². The van der Waals surface area contributed by atoms with Gasteiger partial charge in [0.25, 0.3) is 0 Å². The maximum absolute atomic E-state index is 13.1. The topological polar surface area (TPSA) is 67.2 Å². The Morgan fingerprint density at radius 2 is 1.81 bits per heavy atom. The van der Waals surface area contributed by atoms with Crippen molar-refractivity contribution in [3.63, 3.8) is 0 Å². The molecule has 0 N–H and O–H groups in total. The molecule has 4 nitrogen and oxygen atoms in total. The number of esters is 1. The molecule has 0 fully saturated rings. The summed E-state index contributed by atoms with van der Waals surface area (Å²) >= 11 is 0. The van der Waals surface area contributed by atoms with Crippen molar-refractivity contribution in [3.05, 3.63) is 70.8 Å². The molecule has 0 heterocycles. The first-order valence-electron chi connectivity index (χ1n) is 7.53. The smallest absolute Gasteiger partial charge is 0.416 e. The summed E-state index contributed by atoms with van der Waals surface area (Å²) in [5.41, 5.74) is -1.05. The van der Waals surface area contributed by atoms with Crippen molar-refractivity contribution in [3.8, 4) is 6.07 Å². The van der Waals surface area contributed by atoms with Gasteiger partial charge in [0.1, 0.15) is 5.92 Å². The number of Topliss-reactive ketones (excluding diaryl/α,β-unsaturated/α-hetero) is 1. The number of ether oxygens (including phenoxy) is 1. The lowest BCUT2D eigenvalue weighted by atomic mass is 9.90. The van der Waals surface area contributed by atoms with E-state index in [4.69, 9.17) is 0 Å². The van der Waals surface area contributed by atoms with Crippen molar-refractivity contribution in [2.75, 3.05) is 7.11 Å². The van der Waals surface area contributed by atoms with Gasteiger partial charge in [-0.3, -0.25) is 4.79 Å². The number of alkyl halides is 3. The number of benzene rings is 2. The molecule has 0 spiro atoms. The lowest BCUT2D eigenvalue weighted by Gasteiger charge is -2.14. The van der Waals surface area contributed by atoms with Crippen molar-refractivity contribution in [1.29, 1.82) is 5.26 Å². The van der Waals surface area contributed by atoms with Gasteiger partial charge in [0, 0.05) is 6.42 Å². The molecule has 7 heteroatoms. The highest BCUT2D eigenvalue weighted by Gasteiger charge is 2.33. The molecule has 2 rings (SSSR count). The van der Waals surface area contributed by atoms with Crippen molar-refractivity contribution >= 4 is 11.8 Å². The van der Waals surface area contributed by atoms with Crippen LogP contribution in [0, 0.1) is 11.3 Å². The SMILES string of the molecule is COC(=O)c1cc(C(C#N)C(=O)Cc2ccccc2)cc(C(F)(F)F)c1. The van der Waals surface area contributed by atoms with Gasteiger partial charge in [-0.2, -0.15) is 18.4 Å². The van der Waals surface area contributed by atoms with E-state index >= 15 is 0 Å². The standard InChI is InChI=1S/C19H14F3NO3/c1-26-18(25)14-8-13(9-15(10-14)19(20,21)22)16(11-23)17(24)7-12-5-3-2-4-6-12/h2-6,8-10,16H,7H2,1H3. The van der Waals surface area contributed by atoms with Crippen LogP contribution in [0.4, 0.5) is 13.2 Å². The molecule has 0 radical (unpaired) electrons. The number of ketones is 1. The summed E-state index contributed by atoms with van der Waals surface area (Å²) in [7, 11) is 1.03. The first kappa shape index (κ1) is 19.2. The fourth-order valence-corrected chi connectivity index (χ4v) is 2.45.